The highest BCUT2D eigenvalue weighted by Gasteiger charge is 2.16. The summed E-state index contributed by atoms with van der Waals surface area (Å²) in [6.07, 6.45) is 6.65. The number of pyridine rings is 1. The Bertz CT molecular complexity index is 629. The highest BCUT2D eigenvalue weighted by Crippen LogP contribution is 2.23. The number of thiazole rings is 1. The second kappa shape index (κ2) is 4.88. The van der Waals surface area contributed by atoms with Gasteiger partial charge in [0.15, 0.2) is 0 Å². The van der Waals surface area contributed by atoms with E-state index in [1.807, 2.05) is 47.7 Å². The van der Waals surface area contributed by atoms with E-state index in [0.717, 1.165) is 16.9 Å². The van der Waals surface area contributed by atoms with Gasteiger partial charge in [-0.2, -0.15) is 5.10 Å². The molecule has 1 atom stereocenters. The number of hydrogen-bond donors (Lipinski definition) is 1. The van der Waals surface area contributed by atoms with E-state index in [9.17, 15) is 0 Å². The van der Waals surface area contributed by atoms with Crippen molar-refractivity contribution in [3.63, 3.8) is 0 Å². The zero-order chi connectivity index (χ0) is 12.4. The molecule has 0 saturated carbocycles. The largest absolute Gasteiger partial charge is 0.313 e. The van der Waals surface area contributed by atoms with Gasteiger partial charge in [-0.25, -0.2) is 9.50 Å². The minimum Gasteiger partial charge on any atom is -0.313 e. The van der Waals surface area contributed by atoms with Crippen LogP contribution in [0.5, 0.6) is 0 Å². The molecule has 0 aliphatic carbocycles. The van der Waals surface area contributed by atoms with Crippen molar-refractivity contribution in [3.8, 4) is 0 Å². The summed E-state index contributed by atoms with van der Waals surface area (Å²) in [4.78, 5) is 4.35. The zero-order valence-corrected chi connectivity index (χ0v) is 10.9. The Labute approximate surface area is 109 Å². The van der Waals surface area contributed by atoms with E-state index < -0.39 is 0 Å². The van der Waals surface area contributed by atoms with Crippen LogP contribution in [0.2, 0.25) is 0 Å². The summed E-state index contributed by atoms with van der Waals surface area (Å²) in [5.41, 5.74) is 2.36. The van der Waals surface area contributed by atoms with Crippen LogP contribution in [0.4, 0.5) is 0 Å². The van der Waals surface area contributed by atoms with E-state index >= 15 is 0 Å². The molecule has 3 rings (SSSR count). The van der Waals surface area contributed by atoms with Gasteiger partial charge in [-0.15, -0.1) is 11.3 Å². The molecular weight excluding hydrogens is 244 g/mol. The van der Waals surface area contributed by atoms with E-state index in [2.05, 4.69) is 21.5 Å². The van der Waals surface area contributed by atoms with Crippen molar-refractivity contribution in [2.75, 3.05) is 7.05 Å². The van der Waals surface area contributed by atoms with Gasteiger partial charge in [0, 0.05) is 35.8 Å². The third kappa shape index (κ3) is 2.02. The third-order valence-corrected chi connectivity index (χ3v) is 3.84. The van der Waals surface area contributed by atoms with Crippen LogP contribution < -0.4 is 5.32 Å². The molecule has 0 aliphatic heterocycles. The second-order valence-electron chi connectivity index (χ2n) is 4.10. The first-order valence-electron chi connectivity index (χ1n) is 5.86. The van der Waals surface area contributed by atoms with Crippen molar-refractivity contribution in [2.24, 2.45) is 0 Å². The first kappa shape index (κ1) is 11.4. The lowest BCUT2D eigenvalue weighted by atomic mass is 10.1. The molecule has 0 bridgehead atoms. The zero-order valence-electron chi connectivity index (χ0n) is 10.1. The molecule has 0 fully saturated rings. The van der Waals surface area contributed by atoms with Crippen LogP contribution in [0, 0.1) is 0 Å². The standard InChI is InChI=1S/C13H14N4S/c1-14-11(8-13-15-5-7-18-13)10-9-16-17-6-3-2-4-12(10)17/h2-7,9,11,14H,8H2,1H3. The van der Waals surface area contributed by atoms with Gasteiger partial charge in [0.2, 0.25) is 0 Å². The smallest absolute Gasteiger partial charge is 0.0943 e. The Hall–Kier alpha value is -1.72. The number of fused-ring (bicyclic) bond motifs is 1. The van der Waals surface area contributed by atoms with E-state index in [1.165, 1.54) is 5.56 Å². The molecular formula is C13H14N4S. The van der Waals surface area contributed by atoms with Crippen molar-refractivity contribution in [1.82, 2.24) is 19.9 Å². The number of hydrogen-bond acceptors (Lipinski definition) is 4. The van der Waals surface area contributed by atoms with Gasteiger partial charge >= 0.3 is 0 Å². The Kier molecular flexibility index (Phi) is 3.08. The highest BCUT2D eigenvalue weighted by atomic mass is 32.1. The lowest BCUT2D eigenvalue weighted by Crippen LogP contribution is -2.18. The number of rotatable bonds is 4. The molecule has 1 N–H and O–H groups in total. The van der Waals surface area contributed by atoms with Crippen molar-refractivity contribution >= 4 is 16.9 Å². The molecule has 1 unspecified atom stereocenters. The molecule has 5 heteroatoms. The van der Waals surface area contributed by atoms with Gasteiger partial charge < -0.3 is 5.32 Å². The van der Waals surface area contributed by atoms with Gasteiger partial charge in [0.25, 0.3) is 0 Å². The fourth-order valence-corrected chi connectivity index (χ4v) is 2.78. The summed E-state index contributed by atoms with van der Waals surface area (Å²) in [7, 11) is 1.98. The van der Waals surface area contributed by atoms with Gasteiger partial charge in [0.05, 0.1) is 16.7 Å². The SMILES string of the molecule is CNC(Cc1nccs1)c1cnn2ccccc12. The quantitative estimate of drug-likeness (QED) is 0.780. The molecule has 0 aliphatic rings. The van der Waals surface area contributed by atoms with Crippen molar-refractivity contribution in [1.29, 1.82) is 0 Å². The Balaban J connectivity index is 1.96. The first-order chi connectivity index (χ1) is 8.88. The first-order valence-corrected chi connectivity index (χ1v) is 6.74. The summed E-state index contributed by atoms with van der Waals surface area (Å²) in [6.45, 7) is 0. The monoisotopic (exact) mass is 258 g/mol. The summed E-state index contributed by atoms with van der Waals surface area (Å²) >= 11 is 1.69. The molecule has 0 radical (unpaired) electrons. The maximum atomic E-state index is 4.38. The van der Waals surface area contributed by atoms with Gasteiger partial charge in [-0.3, -0.25) is 0 Å². The summed E-state index contributed by atoms with van der Waals surface area (Å²) < 4.78 is 1.90. The average molecular weight is 258 g/mol. The minimum atomic E-state index is 0.246. The molecule has 0 saturated heterocycles. The lowest BCUT2D eigenvalue weighted by Gasteiger charge is -2.13. The number of nitrogens with one attached hydrogen (secondary N) is 1. The van der Waals surface area contributed by atoms with Crippen molar-refractivity contribution in [3.05, 3.63) is 52.7 Å². The second-order valence-corrected chi connectivity index (χ2v) is 5.08. The van der Waals surface area contributed by atoms with E-state index in [0.29, 0.717) is 0 Å². The van der Waals surface area contributed by atoms with Crippen LogP contribution in [-0.4, -0.2) is 21.6 Å². The Morgan fingerprint density at radius 3 is 3.17 bits per heavy atom. The molecule has 3 aromatic rings. The maximum absolute atomic E-state index is 4.38. The van der Waals surface area contributed by atoms with E-state index in [4.69, 9.17) is 0 Å². The summed E-state index contributed by atoms with van der Waals surface area (Å²) in [5.74, 6) is 0. The Morgan fingerprint density at radius 1 is 1.44 bits per heavy atom. The van der Waals surface area contributed by atoms with Gasteiger partial charge in [-0.1, -0.05) is 6.07 Å². The predicted octanol–water partition coefficient (Wildman–Crippen LogP) is 2.29. The van der Waals surface area contributed by atoms with Crippen LogP contribution in [0.25, 0.3) is 5.52 Å². The lowest BCUT2D eigenvalue weighted by molar-refractivity contribution is 0.594. The van der Waals surface area contributed by atoms with Gasteiger partial charge in [-0.05, 0) is 19.2 Å². The number of likely N-dealkylation sites (N-methyl/N-ethyl adjacent to an activating group) is 1. The maximum Gasteiger partial charge on any atom is 0.0943 e. The molecule has 0 spiro atoms. The van der Waals surface area contributed by atoms with E-state index in [-0.39, 0.29) is 6.04 Å². The summed E-state index contributed by atoms with van der Waals surface area (Å²) in [5, 5.41) is 10.9. The molecule has 0 amide bonds. The highest BCUT2D eigenvalue weighted by molar-refractivity contribution is 7.09. The van der Waals surface area contributed by atoms with Crippen LogP contribution >= 0.6 is 11.3 Å². The average Bonchev–Trinajstić information content (AvgIpc) is 3.05. The van der Waals surface area contributed by atoms with Crippen molar-refractivity contribution in [2.45, 2.75) is 12.5 Å². The fourth-order valence-electron chi connectivity index (χ4n) is 2.12. The van der Waals surface area contributed by atoms with Crippen LogP contribution in [0.1, 0.15) is 16.6 Å². The van der Waals surface area contributed by atoms with Crippen LogP contribution in [-0.2, 0) is 6.42 Å². The van der Waals surface area contributed by atoms with Crippen molar-refractivity contribution < 1.29 is 0 Å². The number of aromatic nitrogens is 3. The Morgan fingerprint density at radius 2 is 2.39 bits per heavy atom. The molecule has 3 aromatic heterocycles. The van der Waals surface area contributed by atoms with Gasteiger partial charge in [0.1, 0.15) is 0 Å². The molecule has 4 nitrogen and oxygen atoms in total. The summed E-state index contributed by atoms with van der Waals surface area (Å²) in [6, 6.07) is 6.36. The molecule has 0 aromatic carbocycles. The molecule has 3 heterocycles. The number of nitrogens with zero attached hydrogens (tertiary/aromatic N) is 3. The van der Waals surface area contributed by atoms with E-state index in [1.54, 1.807) is 11.3 Å². The topological polar surface area (TPSA) is 42.2 Å². The predicted molar refractivity (Wildman–Crippen MR) is 72.8 cm³/mol. The van der Waals surface area contributed by atoms with Crippen LogP contribution in [0.3, 0.4) is 0 Å². The van der Waals surface area contributed by atoms with Crippen LogP contribution in [0.15, 0.2) is 42.2 Å². The molecule has 18 heavy (non-hydrogen) atoms. The normalized spacial score (nSPS) is 12.9. The fraction of sp³-hybridized carbons (Fsp3) is 0.231. The third-order valence-electron chi connectivity index (χ3n) is 3.04. The minimum absolute atomic E-state index is 0.246. The molecule has 92 valence electrons.